The summed E-state index contributed by atoms with van der Waals surface area (Å²) in [5, 5.41) is 16.0. The van der Waals surface area contributed by atoms with Crippen molar-refractivity contribution in [3.8, 4) is 17.0 Å². The molecule has 0 saturated carbocycles. The number of hydrogen-bond donors (Lipinski definition) is 2. The maximum absolute atomic E-state index is 12.9. The number of nitrogens with zero attached hydrogens (tertiary/aromatic N) is 2. The van der Waals surface area contributed by atoms with Crippen LogP contribution in [-0.4, -0.2) is 14.9 Å². The SMILES string of the molecule is Cn1nc(C(F)(F)F)cc1-c1ccc(CNc2ccc(Cl)c(C(F)(F)F)c2)cc1O. The van der Waals surface area contributed by atoms with Gasteiger partial charge in [-0.1, -0.05) is 17.7 Å². The van der Waals surface area contributed by atoms with Crippen LogP contribution in [0.15, 0.2) is 42.5 Å². The smallest absolute Gasteiger partial charge is 0.435 e. The van der Waals surface area contributed by atoms with Gasteiger partial charge in [-0.15, -0.1) is 0 Å². The van der Waals surface area contributed by atoms with Crippen LogP contribution >= 0.6 is 11.6 Å². The lowest BCUT2D eigenvalue weighted by molar-refractivity contribution is -0.141. The second-order valence-corrected chi connectivity index (χ2v) is 6.84. The van der Waals surface area contributed by atoms with E-state index in [4.69, 9.17) is 11.6 Å². The minimum atomic E-state index is -4.62. The van der Waals surface area contributed by atoms with Crippen molar-refractivity contribution >= 4 is 17.3 Å². The molecule has 0 fully saturated rings. The summed E-state index contributed by atoms with van der Waals surface area (Å²) in [5.74, 6) is -0.293. The lowest BCUT2D eigenvalue weighted by Gasteiger charge is -2.13. The highest BCUT2D eigenvalue weighted by molar-refractivity contribution is 6.31. The van der Waals surface area contributed by atoms with Gasteiger partial charge in [-0.3, -0.25) is 4.68 Å². The molecular weight excluding hydrogens is 436 g/mol. The van der Waals surface area contributed by atoms with Gasteiger partial charge in [-0.2, -0.15) is 31.4 Å². The number of aryl methyl sites for hydroxylation is 1. The Balaban J connectivity index is 1.80. The van der Waals surface area contributed by atoms with Crippen molar-refractivity contribution in [2.45, 2.75) is 18.9 Å². The van der Waals surface area contributed by atoms with Crippen molar-refractivity contribution < 1.29 is 31.4 Å². The first kappa shape index (κ1) is 21.8. The van der Waals surface area contributed by atoms with Crippen LogP contribution in [0, 0.1) is 0 Å². The molecule has 3 rings (SSSR count). The van der Waals surface area contributed by atoms with Gasteiger partial charge in [0.15, 0.2) is 5.69 Å². The zero-order chi connectivity index (χ0) is 22.3. The Bertz CT molecular complexity index is 1080. The number of aromatic hydroxyl groups is 1. The van der Waals surface area contributed by atoms with E-state index in [9.17, 15) is 31.4 Å². The maximum atomic E-state index is 12.9. The largest absolute Gasteiger partial charge is 0.507 e. The Morgan fingerprint density at radius 3 is 2.27 bits per heavy atom. The van der Waals surface area contributed by atoms with Crippen LogP contribution in [0.5, 0.6) is 5.75 Å². The van der Waals surface area contributed by atoms with Gasteiger partial charge >= 0.3 is 12.4 Å². The standard InChI is InChI=1S/C19H14ClF6N3O/c1-29-15(8-17(28-29)19(24,25)26)12-4-2-10(6-16(12)30)9-27-11-3-5-14(20)13(7-11)18(21,22)23/h2-8,27,30H,9H2,1H3. The zero-order valence-electron chi connectivity index (χ0n) is 15.2. The third kappa shape index (κ3) is 4.64. The van der Waals surface area contributed by atoms with Gasteiger partial charge in [0.1, 0.15) is 5.75 Å². The first-order chi connectivity index (χ1) is 13.9. The van der Waals surface area contributed by atoms with Crippen LogP contribution < -0.4 is 5.32 Å². The van der Waals surface area contributed by atoms with Crippen LogP contribution in [0.1, 0.15) is 16.8 Å². The minimum absolute atomic E-state index is 0.0615. The number of hydrogen-bond acceptors (Lipinski definition) is 3. The van der Waals surface area contributed by atoms with E-state index in [1.54, 1.807) is 0 Å². The quantitative estimate of drug-likeness (QED) is 0.473. The fourth-order valence-electron chi connectivity index (χ4n) is 2.82. The first-order valence-corrected chi connectivity index (χ1v) is 8.78. The number of phenolic OH excluding ortho intramolecular Hbond substituents is 1. The Kier molecular flexibility index (Phi) is 5.64. The predicted octanol–water partition coefficient (Wildman–Crippen LogP) is 6.10. The third-order valence-corrected chi connectivity index (χ3v) is 4.61. The average Bonchev–Trinajstić information content (AvgIpc) is 3.02. The number of alkyl halides is 6. The molecule has 160 valence electrons. The second-order valence-electron chi connectivity index (χ2n) is 6.43. The fraction of sp³-hybridized carbons (Fsp3) is 0.211. The summed E-state index contributed by atoms with van der Waals surface area (Å²) < 4.78 is 78.3. The molecule has 11 heteroatoms. The Labute approximate surface area is 171 Å². The van der Waals surface area contributed by atoms with Crippen LogP contribution in [-0.2, 0) is 25.9 Å². The van der Waals surface area contributed by atoms with E-state index in [1.165, 1.54) is 31.3 Å². The number of halogens is 7. The molecule has 0 bridgehead atoms. The minimum Gasteiger partial charge on any atom is -0.507 e. The summed E-state index contributed by atoms with van der Waals surface area (Å²) in [4.78, 5) is 0. The molecule has 0 aliphatic rings. The predicted molar refractivity (Wildman–Crippen MR) is 99.1 cm³/mol. The summed E-state index contributed by atoms with van der Waals surface area (Å²) in [6.45, 7) is 0.0615. The van der Waals surface area contributed by atoms with Gasteiger partial charge in [0.2, 0.25) is 0 Å². The zero-order valence-corrected chi connectivity index (χ0v) is 16.0. The van der Waals surface area contributed by atoms with Crippen molar-refractivity contribution in [3.05, 3.63) is 64.3 Å². The molecule has 0 saturated heterocycles. The molecular formula is C19H14ClF6N3O. The van der Waals surface area contributed by atoms with E-state index in [2.05, 4.69) is 10.4 Å². The summed E-state index contributed by atoms with van der Waals surface area (Å²) in [6.07, 6.45) is -9.23. The van der Waals surface area contributed by atoms with Crippen LogP contribution in [0.4, 0.5) is 32.0 Å². The Morgan fingerprint density at radius 2 is 1.70 bits per heavy atom. The van der Waals surface area contributed by atoms with Gasteiger partial charge in [-0.05, 0) is 42.0 Å². The Morgan fingerprint density at radius 1 is 1.00 bits per heavy atom. The summed E-state index contributed by atoms with van der Waals surface area (Å²) in [6, 6.07) is 8.43. The third-order valence-electron chi connectivity index (χ3n) is 4.28. The van der Waals surface area contributed by atoms with E-state index in [-0.39, 0.29) is 29.2 Å². The number of aromatic nitrogens is 2. The van der Waals surface area contributed by atoms with Crippen molar-refractivity contribution in [2.75, 3.05) is 5.32 Å². The fourth-order valence-corrected chi connectivity index (χ4v) is 3.04. The molecule has 0 atom stereocenters. The number of rotatable bonds is 4. The van der Waals surface area contributed by atoms with E-state index >= 15 is 0 Å². The van der Waals surface area contributed by atoms with Crippen molar-refractivity contribution in [1.29, 1.82) is 0 Å². The molecule has 0 amide bonds. The Hall–Kier alpha value is -2.88. The lowest BCUT2D eigenvalue weighted by atomic mass is 10.1. The molecule has 0 aliphatic carbocycles. The average molecular weight is 450 g/mol. The monoisotopic (exact) mass is 449 g/mol. The van der Waals surface area contributed by atoms with Crippen molar-refractivity contribution in [2.24, 2.45) is 7.05 Å². The van der Waals surface area contributed by atoms with Gasteiger partial charge in [0, 0.05) is 24.8 Å². The van der Waals surface area contributed by atoms with Crippen LogP contribution in [0.3, 0.4) is 0 Å². The molecule has 1 aromatic heterocycles. The van der Waals surface area contributed by atoms with E-state index in [0.29, 0.717) is 5.56 Å². The highest BCUT2D eigenvalue weighted by Crippen LogP contribution is 2.37. The lowest BCUT2D eigenvalue weighted by Crippen LogP contribution is -2.07. The van der Waals surface area contributed by atoms with Crippen molar-refractivity contribution in [1.82, 2.24) is 9.78 Å². The number of phenols is 1. The van der Waals surface area contributed by atoms with Crippen LogP contribution in [0.2, 0.25) is 5.02 Å². The number of anilines is 1. The second kappa shape index (κ2) is 7.75. The summed E-state index contributed by atoms with van der Waals surface area (Å²) in [7, 11) is 1.32. The van der Waals surface area contributed by atoms with Crippen molar-refractivity contribution in [3.63, 3.8) is 0 Å². The maximum Gasteiger partial charge on any atom is 0.435 e. The summed E-state index contributed by atoms with van der Waals surface area (Å²) >= 11 is 5.58. The molecule has 0 unspecified atom stereocenters. The molecule has 0 radical (unpaired) electrons. The normalized spacial score (nSPS) is 12.3. The number of benzene rings is 2. The molecule has 1 heterocycles. The molecule has 0 aliphatic heterocycles. The van der Waals surface area contributed by atoms with Gasteiger partial charge < -0.3 is 10.4 Å². The highest BCUT2D eigenvalue weighted by Gasteiger charge is 2.35. The molecule has 3 aromatic rings. The van der Waals surface area contributed by atoms with E-state index in [1.807, 2.05) is 0 Å². The highest BCUT2D eigenvalue weighted by atomic mass is 35.5. The van der Waals surface area contributed by atoms with E-state index in [0.717, 1.165) is 22.9 Å². The van der Waals surface area contributed by atoms with Gasteiger partial charge in [0.25, 0.3) is 0 Å². The molecule has 30 heavy (non-hydrogen) atoms. The van der Waals surface area contributed by atoms with Crippen LogP contribution in [0.25, 0.3) is 11.3 Å². The van der Waals surface area contributed by atoms with E-state index < -0.39 is 28.6 Å². The first-order valence-electron chi connectivity index (χ1n) is 8.40. The van der Waals surface area contributed by atoms with Gasteiger partial charge in [0.05, 0.1) is 16.3 Å². The topological polar surface area (TPSA) is 50.1 Å². The number of nitrogens with one attached hydrogen (secondary N) is 1. The molecule has 2 aromatic carbocycles. The molecule has 2 N–H and O–H groups in total. The molecule has 4 nitrogen and oxygen atoms in total. The van der Waals surface area contributed by atoms with Gasteiger partial charge in [-0.25, -0.2) is 0 Å². The molecule has 0 spiro atoms. The summed E-state index contributed by atoms with van der Waals surface area (Å²) in [5.41, 5.74) is -1.21.